The number of amides is 2. The SMILES string of the molecule is COCCN(CC(=O)O)C(=O)Nc1cc(F)cc(F)c1. The number of carboxylic acid groups (broad SMARTS) is 1. The summed E-state index contributed by atoms with van der Waals surface area (Å²) in [6, 6.07) is 1.73. The first-order chi connectivity index (χ1) is 9.42. The molecule has 0 radical (unpaired) electrons. The largest absolute Gasteiger partial charge is 0.480 e. The number of nitrogens with one attached hydrogen (secondary N) is 1. The van der Waals surface area contributed by atoms with E-state index in [1.165, 1.54) is 7.11 Å². The van der Waals surface area contributed by atoms with Crippen LogP contribution in [0.1, 0.15) is 0 Å². The van der Waals surface area contributed by atoms with Gasteiger partial charge in [-0.2, -0.15) is 0 Å². The number of carbonyl (C=O) groups is 2. The molecule has 110 valence electrons. The molecule has 2 amide bonds. The van der Waals surface area contributed by atoms with Gasteiger partial charge in [0.25, 0.3) is 0 Å². The van der Waals surface area contributed by atoms with E-state index in [0.29, 0.717) is 6.07 Å². The third-order valence-corrected chi connectivity index (χ3v) is 2.29. The Morgan fingerprint density at radius 3 is 2.40 bits per heavy atom. The zero-order valence-electron chi connectivity index (χ0n) is 10.7. The van der Waals surface area contributed by atoms with Crippen LogP contribution in [-0.2, 0) is 9.53 Å². The number of hydrogen-bond acceptors (Lipinski definition) is 3. The van der Waals surface area contributed by atoms with Crippen molar-refractivity contribution in [3.8, 4) is 0 Å². The second-order valence-corrected chi connectivity index (χ2v) is 3.90. The van der Waals surface area contributed by atoms with Gasteiger partial charge in [-0.25, -0.2) is 13.6 Å². The van der Waals surface area contributed by atoms with Crippen molar-refractivity contribution in [3.05, 3.63) is 29.8 Å². The summed E-state index contributed by atoms with van der Waals surface area (Å²) in [5.74, 6) is -2.90. The van der Waals surface area contributed by atoms with Crippen molar-refractivity contribution >= 4 is 17.7 Å². The number of carboxylic acids is 1. The van der Waals surface area contributed by atoms with Crippen molar-refractivity contribution in [3.63, 3.8) is 0 Å². The number of anilines is 1. The summed E-state index contributed by atoms with van der Waals surface area (Å²) in [4.78, 5) is 23.4. The Kier molecular flexibility index (Phi) is 5.85. The fraction of sp³-hybridized carbons (Fsp3) is 0.333. The number of ether oxygens (including phenoxy) is 1. The lowest BCUT2D eigenvalue weighted by Crippen LogP contribution is -2.40. The molecular weight excluding hydrogens is 274 g/mol. The number of nitrogens with zero attached hydrogens (tertiary/aromatic N) is 1. The molecule has 20 heavy (non-hydrogen) atoms. The van der Waals surface area contributed by atoms with Gasteiger partial charge in [0.15, 0.2) is 0 Å². The Morgan fingerprint density at radius 2 is 1.90 bits per heavy atom. The van der Waals surface area contributed by atoms with Gasteiger partial charge in [0.2, 0.25) is 0 Å². The zero-order chi connectivity index (χ0) is 15.1. The summed E-state index contributed by atoms with van der Waals surface area (Å²) in [5.41, 5.74) is -0.0969. The highest BCUT2D eigenvalue weighted by Crippen LogP contribution is 2.13. The second-order valence-electron chi connectivity index (χ2n) is 3.90. The molecule has 1 rings (SSSR count). The molecule has 8 heteroatoms. The van der Waals surface area contributed by atoms with Crippen LogP contribution in [-0.4, -0.2) is 48.8 Å². The van der Waals surface area contributed by atoms with Gasteiger partial charge in [-0.3, -0.25) is 4.79 Å². The summed E-state index contributed by atoms with van der Waals surface area (Å²) < 4.78 is 30.7. The molecule has 0 heterocycles. The van der Waals surface area contributed by atoms with E-state index >= 15 is 0 Å². The highest BCUT2D eigenvalue weighted by atomic mass is 19.1. The van der Waals surface area contributed by atoms with Gasteiger partial charge >= 0.3 is 12.0 Å². The lowest BCUT2D eigenvalue weighted by Gasteiger charge is -2.20. The van der Waals surface area contributed by atoms with E-state index < -0.39 is 30.2 Å². The van der Waals surface area contributed by atoms with Crippen LogP contribution in [0.4, 0.5) is 19.3 Å². The highest BCUT2D eigenvalue weighted by Gasteiger charge is 2.17. The molecule has 0 atom stereocenters. The normalized spacial score (nSPS) is 10.2. The summed E-state index contributed by atoms with van der Waals surface area (Å²) in [7, 11) is 1.40. The Hall–Kier alpha value is -2.22. The van der Waals surface area contributed by atoms with Gasteiger partial charge in [0.1, 0.15) is 18.2 Å². The summed E-state index contributed by atoms with van der Waals surface area (Å²) in [6.07, 6.45) is 0. The molecular formula is C12H14F2N2O4. The molecule has 0 fully saturated rings. The molecule has 2 N–H and O–H groups in total. The second kappa shape index (κ2) is 7.39. The first kappa shape index (κ1) is 15.8. The predicted molar refractivity (Wildman–Crippen MR) is 66.5 cm³/mol. The van der Waals surface area contributed by atoms with Gasteiger partial charge < -0.3 is 20.1 Å². The Morgan fingerprint density at radius 1 is 1.30 bits per heavy atom. The number of carbonyl (C=O) groups excluding carboxylic acids is 1. The van der Waals surface area contributed by atoms with Gasteiger partial charge in [-0.15, -0.1) is 0 Å². The summed E-state index contributed by atoms with van der Waals surface area (Å²) >= 11 is 0. The maximum absolute atomic E-state index is 13.0. The summed E-state index contributed by atoms with van der Waals surface area (Å²) in [5, 5.41) is 10.9. The Bertz CT molecular complexity index is 476. The average molecular weight is 288 g/mol. The number of methoxy groups -OCH3 is 1. The lowest BCUT2D eigenvalue weighted by atomic mass is 10.3. The third-order valence-electron chi connectivity index (χ3n) is 2.29. The molecule has 0 unspecified atom stereocenters. The first-order valence-corrected chi connectivity index (χ1v) is 5.65. The van der Waals surface area contributed by atoms with Crippen LogP contribution < -0.4 is 5.32 Å². The third kappa shape index (κ3) is 5.19. The van der Waals surface area contributed by atoms with Crippen molar-refractivity contribution in [2.24, 2.45) is 0 Å². The van der Waals surface area contributed by atoms with Crippen molar-refractivity contribution in [1.82, 2.24) is 4.90 Å². The Labute approximate surface area is 113 Å². The van der Waals surface area contributed by atoms with Gasteiger partial charge in [-0.05, 0) is 12.1 Å². The van der Waals surface area contributed by atoms with E-state index in [-0.39, 0.29) is 18.8 Å². The maximum atomic E-state index is 13.0. The van der Waals surface area contributed by atoms with Gasteiger partial charge in [0.05, 0.1) is 6.61 Å². The molecule has 0 aliphatic carbocycles. The molecule has 6 nitrogen and oxygen atoms in total. The minimum atomic E-state index is -1.21. The van der Waals surface area contributed by atoms with E-state index in [0.717, 1.165) is 17.0 Å². The van der Waals surface area contributed by atoms with Crippen molar-refractivity contribution in [2.75, 3.05) is 32.1 Å². The molecule has 0 saturated carbocycles. The number of halogens is 2. The van der Waals surface area contributed by atoms with E-state index in [9.17, 15) is 18.4 Å². The molecule has 0 aliphatic heterocycles. The predicted octanol–water partition coefficient (Wildman–Crippen LogP) is 1.53. The molecule has 0 bridgehead atoms. The fourth-order valence-corrected chi connectivity index (χ4v) is 1.45. The van der Waals surface area contributed by atoms with Crippen molar-refractivity contribution < 1.29 is 28.2 Å². The number of aliphatic carboxylic acids is 1. The zero-order valence-corrected chi connectivity index (χ0v) is 10.7. The first-order valence-electron chi connectivity index (χ1n) is 5.65. The quantitative estimate of drug-likeness (QED) is 0.832. The Balaban J connectivity index is 2.75. The van der Waals surface area contributed by atoms with Crippen LogP contribution in [0.25, 0.3) is 0 Å². The average Bonchev–Trinajstić information content (AvgIpc) is 2.32. The smallest absolute Gasteiger partial charge is 0.323 e. The van der Waals surface area contributed by atoms with E-state index in [1.54, 1.807) is 0 Å². The topological polar surface area (TPSA) is 78.9 Å². The van der Waals surface area contributed by atoms with E-state index in [1.807, 2.05) is 0 Å². The van der Waals surface area contributed by atoms with Crippen LogP contribution in [0.15, 0.2) is 18.2 Å². The van der Waals surface area contributed by atoms with E-state index in [2.05, 4.69) is 5.32 Å². The molecule has 0 aromatic heterocycles. The monoisotopic (exact) mass is 288 g/mol. The molecule has 0 spiro atoms. The lowest BCUT2D eigenvalue weighted by molar-refractivity contribution is -0.137. The van der Waals surface area contributed by atoms with Crippen molar-refractivity contribution in [1.29, 1.82) is 0 Å². The maximum Gasteiger partial charge on any atom is 0.323 e. The summed E-state index contributed by atoms with van der Waals surface area (Å²) in [6.45, 7) is -0.377. The molecule has 1 aromatic rings. The van der Waals surface area contributed by atoms with Crippen LogP contribution in [0.2, 0.25) is 0 Å². The van der Waals surface area contributed by atoms with Crippen LogP contribution in [0.3, 0.4) is 0 Å². The number of hydrogen-bond donors (Lipinski definition) is 2. The minimum Gasteiger partial charge on any atom is -0.480 e. The number of urea groups is 1. The number of rotatable bonds is 6. The van der Waals surface area contributed by atoms with Gasteiger partial charge in [-0.1, -0.05) is 0 Å². The van der Waals surface area contributed by atoms with Crippen molar-refractivity contribution in [2.45, 2.75) is 0 Å². The van der Waals surface area contributed by atoms with E-state index in [4.69, 9.17) is 9.84 Å². The van der Waals surface area contributed by atoms with Gasteiger partial charge in [0, 0.05) is 25.4 Å². The van der Waals surface area contributed by atoms with Crippen LogP contribution >= 0.6 is 0 Å². The number of benzene rings is 1. The highest BCUT2D eigenvalue weighted by molar-refractivity contribution is 5.91. The molecule has 1 aromatic carbocycles. The molecule has 0 aliphatic rings. The van der Waals surface area contributed by atoms with Crippen LogP contribution in [0.5, 0.6) is 0 Å². The standard InChI is InChI=1S/C12H14F2N2O4/c1-20-3-2-16(7-11(17)18)12(19)15-10-5-8(13)4-9(14)6-10/h4-6H,2-3,7H2,1H3,(H,15,19)(H,17,18). The van der Waals surface area contributed by atoms with Crippen LogP contribution in [0, 0.1) is 11.6 Å². The molecule has 0 saturated heterocycles. The minimum absolute atomic E-state index is 0.0342. The fourth-order valence-electron chi connectivity index (χ4n) is 1.45.